The molecule has 0 unspecified atom stereocenters. The Hall–Kier alpha value is -1.24. The summed E-state index contributed by atoms with van der Waals surface area (Å²) in [6.07, 6.45) is 20.9. The van der Waals surface area contributed by atoms with Gasteiger partial charge in [-0.25, -0.2) is 0 Å². The minimum absolute atomic E-state index is 1.08. The highest BCUT2D eigenvalue weighted by Gasteiger charge is 1.83. The zero-order valence-corrected chi connectivity index (χ0v) is 10.9. The Balaban J connectivity index is 3.19. The molecule has 96 valence electrons. The maximum atomic E-state index is 5.25. The van der Waals surface area contributed by atoms with Gasteiger partial charge in [-0.3, -0.25) is 0 Å². The lowest BCUT2D eigenvalue weighted by Gasteiger charge is -1.94. The molecule has 0 aliphatic heterocycles. The lowest BCUT2D eigenvalue weighted by molar-refractivity contribution is 0.398. The monoisotopic (exact) mass is 234 g/mol. The van der Waals surface area contributed by atoms with Crippen LogP contribution in [-0.4, -0.2) is 0 Å². The first kappa shape index (κ1) is 15.8. The van der Waals surface area contributed by atoms with Crippen LogP contribution in [-0.2, 0) is 4.74 Å². The van der Waals surface area contributed by atoms with Crippen LogP contribution >= 0.6 is 0 Å². The third-order valence-electron chi connectivity index (χ3n) is 2.41. The Morgan fingerprint density at radius 1 is 0.647 bits per heavy atom. The van der Waals surface area contributed by atoms with Crippen molar-refractivity contribution in [1.29, 1.82) is 0 Å². The molecule has 0 bridgehead atoms. The fourth-order valence-corrected chi connectivity index (χ4v) is 1.39. The van der Waals surface area contributed by atoms with Gasteiger partial charge in [0.05, 0.1) is 12.5 Å². The topological polar surface area (TPSA) is 9.23 Å². The van der Waals surface area contributed by atoms with Crippen LogP contribution in [0.25, 0.3) is 0 Å². The van der Waals surface area contributed by atoms with Gasteiger partial charge in [-0.2, -0.15) is 0 Å². The third kappa shape index (κ3) is 14.8. The molecule has 0 N–H and O–H groups in total. The summed E-state index contributed by atoms with van der Waals surface area (Å²) in [4.78, 5) is 0. The van der Waals surface area contributed by atoms with Gasteiger partial charge < -0.3 is 4.74 Å². The summed E-state index contributed by atoms with van der Waals surface area (Å²) in [5.41, 5.74) is 0. The molecule has 0 aromatic rings. The fourth-order valence-electron chi connectivity index (χ4n) is 1.39. The van der Waals surface area contributed by atoms with Crippen molar-refractivity contribution in [2.45, 2.75) is 51.4 Å². The van der Waals surface area contributed by atoms with E-state index in [9.17, 15) is 0 Å². The summed E-state index contributed by atoms with van der Waals surface area (Å²) < 4.78 is 5.25. The first-order chi connectivity index (χ1) is 8.41. The van der Waals surface area contributed by atoms with Gasteiger partial charge in [0.2, 0.25) is 0 Å². The van der Waals surface area contributed by atoms with Gasteiger partial charge in [0.25, 0.3) is 0 Å². The van der Waals surface area contributed by atoms with Gasteiger partial charge in [0, 0.05) is 0 Å². The maximum absolute atomic E-state index is 5.25. The Bertz CT molecular complexity index is 202. The first-order valence-corrected chi connectivity index (χ1v) is 6.59. The maximum Gasteiger partial charge on any atom is 0.0861 e. The lowest BCUT2D eigenvalue weighted by atomic mass is 10.2. The van der Waals surface area contributed by atoms with Crippen molar-refractivity contribution in [2.75, 3.05) is 0 Å². The SMILES string of the molecule is C=CCCCCC=COC=CCCCCC=C. The van der Waals surface area contributed by atoms with E-state index in [-0.39, 0.29) is 0 Å². The van der Waals surface area contributed by atoms with Crippen molar-refractivity contribution < 1.29 is 4.74 Å². The van der Waals surface area contributed by atoms with E-state index in [1.54, 1.807) is 12.5 Å². The lowest BCUT2D eigenvalue weighted by Crippen LogP contribution is -1.74. The van der Waals surface area contributed by atoms with Crippen molar-refractivity contribution >= 4 is 0 Å². The van der Waals surface area contributed by atoms with Gasteiger partial charge in [0.15, 0.2) is 0 Å². The summed E-state index contributed by atoms with van der Waals surface area (Å²) >= 11 is 0. The minimum atomic E-state index is 1.08. The molecule has 0 heterocycles. The Kier molecular flexibility index (Phi) is 13.7. The van der Waals surface area contributed by atoms with Crippen LogP contribution in [0.4, 0.5) is 0 Å². The Labute approximate surface area is 107 Å². The van der Waals surface area contributed by atoms with Gasteiger partial charge in [0.1, 0.15) is 0 Å². The molecule has 0 aliphatic rings. The first-order valence-electron chi connectivity index (χ1n) is 6.59. The average molecular weight is 234 g/mol. The number of unbranched alkanes of at least 4 members (excludes halogenated alkanes) is 6. The summed E-state index contributed by atoms with van der Waals surface area (Å²) in [6, 6.07) is 0. The van der Waals surface area contributed by atoms with E-state index in [0.29, 0.717) is 0 Å². The van der Waals surface area contributed by atoms with Crippen molar-refractivity contribution in [3.05, 3.63) is 50.0 Å². The molecule has 0 radical (unpaired) electrons. The molecule has 0 aliphatic carbocycles. The van der Waals surface area contributed by atoms with Crippen LogP contribution in [0.5, 0.6) is 0 Å². The van der Waals surface area contributed by atoms with E-state index < -0.39 is 0 Å². The number of hydrogen-bond donors (Lipinski definition) is 0. The standard InChI is InChI=1S/C16H26O/c1-3-5-7-9-11-13-15-17-16-14-12-10-8-6-4-2/h3-4,13-16H,1-2,5-12H2. The second-order valence-corrected chi connectivity index (χ2v) is 4.03. The summed E-state index contributed by atoms with van der Waals surface area (Å²) in [7, 11) is 0. The molecule has 0 amide bonds. The smallest absolute Gasteiger partial charge is 0.0861 e. The molecule has 0 aromatic heterocycles. The van der Waals surface area contributed by atoms with Crippen molar-refractivity contribution in [3.63, 3.8) is 0 Å². The van der Waals surface area contributed by atoms with Crippen molar-refractivity contribution in [3.8, 4) is 0 Å². The molecular weight excluding hydrogens is 208 g/mol. The van der Waals surface area contributed by atoms with E-state index in [2.05, 4.69) is 25.3 Å². The van der Waals surface area contributed by atoms with Crippen molar-refractivity contribution in [2.24, 2.45) is 0 Å². The van der Waals surface area contributed by atoms with Crippen molar-refractivity contribution in [1.82, 2.24) is 0 Å². The number of allylic oxidation sites excluding steroid dienone is 4. The molecule has 0 atom stereocenters. The molecule has 1 nitrogen and oxygen atoms in total. The summed E-state index contributed by atoms with van der Waals surface area (Å²) in [5.74, 6) is 0. The molecule has 0 rings (SSSR count). The highest BCUT2D eigenvalue weighted by molar-refractivity contribution is 4.80. The zero-order chi connectivity index (χ0) is 12.6. The molecule has 0 saturated carbocycles. The quantitative estimate of drug-likeness (QED) is 0.245. The summed E-state index contributed by atoms with van der Waals surface area (Å²) in [6.45, 7) is 7.40. The summed E-state index contributed by atoms with van der Waals surface area (Å²) in [5, 5.41) is 0. The highest BCUT2D eigenvalue weighted by Crippen LogP contribution is 2.02. The van der Waals surface area contributed by atoms with E-state index >= 15 is 0 Å². The molecule has 0 aromatic carbocycles. The highest BCUT2D eigenvalue weighted by atomic mass is 16.5. The number of hydrogen-bond acceptors (Lipinski definition) is 1. The number of rotatable bonds is 12. The van der Waals surface area contributed by atoms with E-state index in [0.717, 1.165) is 25.7 Å². The molecular formula is C16H26O. The van der Waals surface area contributed by atoms with E-state index in [1.807, 2.05) is 12.2 Å². The zero-order valence-electron chi connectivity index (χ0n) is 10.9. The predicted octanol–water partition coefficient (Wildman–Crippen LogP) is 5.52. The molecule has 17 heavy (non-hydrogen) atoms. The van der Waals surface area contributed by atoms with Crippen LogP contribution < -0.4 is 0 Å². The Morgan fingerprint density at radius 3 is 1.47 bits per heavy atom. The van der Waals surface area contributed by atoms with Gasteiger partial charge >= 0.3 is 0 Å². The minimum Gasteiger partial charge on any atom is -0.473 e. The molecule has 0 fully saturated rings. The molecule has 1 heteroatoms. The van der Waals surface area contributed by atoms with Gasteiger partial charge in [-0.1, -0.05) is 12.2 Å². The number of ether oxygens (including phenoxy) is 1. The normalized spacial score (nSPS) is 11.1. The second kappa shape index (κ2) is 14.8. The molecule has 0 spiro atoms. The third-order valence-corrected chi connectivity index (χ3v) is 2.41. The van der Waals surface area contributed by atoms with Crippen LogP contribution in [0.2, 0.25) is 0 Å². The van der Waals surface area contributed by atoms with Gasteiger partial charge in [-0.05, 0) is 63.5 Å². The van der Waals surface area contributed by atoms with Crippen LogP contribution in [0.15, 0.2) is 50.0 Å². The average Bonchev–Trinajstić information content (AvgIpc) is 2.35. The largest absolute Gasteiger partial charge is 0.473 e. The predicted molar refractivity (Wildman–Crippen MR) is 76.7 cm³/mol. The van der Waals surface area contributed by atoms with E-state index in [1.165, 1.54) is 25.7 Å². The second-order valence-electron chi connectivity index (χ2n) is 4.03. The van der Waals surface area contributed by atoms with Crippen LogP contribution in [0.1, 0.15) is 51.4 Å². The Morgan fingerprint density at radius 2 is 1.06 bits per heavy atom. The van der Waals surface area contributed by atoms with E-state index in [4.69, 9.17) is 4.74 Å². The van der Waals surface area contributed by atoms with Gasteiger partial charge in [-0.15, -0.1) is 13.2 Å². The molecule has 0 saturated heterocycles. The van der Waals surface area contributed by atoms with Crippen LogP contribution in [0.3, 0.4) is 0 Å². The van der Waals surface area contributed by atoms with Crippen LogP contribution in [0, 0.1) is 0 Å². The fraction of sp³-hybridized carbons (Fsp3) is 0.500.